The number of halogens is 2. The first-order chi connectivity index (χ1) is 2.94. The summed E-state index contributed by atoms with van der Waals surface area (Å²) in [7, 11) is 0. The van der Waals surface area contributed by atoms with Crippen LogP contribution < -0.4 is 5.73 Å². The standard InChI is InChI=1S/C5H12ClN.ClH/c1-4(6)5(2,3)7;/h4H,7H2,1-3H3;1H. The van der Waals surface area contributed by atoms with E-state index in [1.54, 1.807) is 0 Å². The minimum absolute atomic E-state index is 0. The van der Waals surface area contributed by atoms with Crippen LogP contribution in [0.25, 0.3) is 0 Å². The average molecular weight is 158 g/mol. The Hall–Kier alpha value is 0.540. The summed E-state index contributed by atoms with van der Waals surface area (Å²) in [5, 5.41) is 0.0486. The third-order valence-electron chi connectivity index (χ3n) is 1.03. The maximum Gasteiger partial charge on any atom is 0.0482 e. The van der Waals surface area contributed by atoms with Gasteiger partial charge in [-0.1, -0.05) is 0 Å². The molecule has 0 aromatic rings. The lowest BCUT2D eigenvalue weighted by Gasteiger charge is -2.20. The van der Waals surface area contributed by atoms with E-state index in [0.717, 1.165) is 0 Å². The van der Waals surface area contributed by atoms with E-state index in [2.05, 4.69) is 0 Å². The third kappa shape index (κ3) is 4.69. The fraction of sp³-hybridized carbons (Fsp3) is 1.00. The van der Waals surface area contributed by atoms with Crippen molar-refractivity contribution in [1.82, 2.24) is 0 Å². The minimum atomic E-state index is -0.235. The van der Waals surface area contributed by atoms with E-state index in [1.807, 2.05) is 20.8 Å². The Morgan fingerprint density at radius 1 is 1.50 bits per heavy atom. The van der Waals surface area contributed by atoms with Crippen molar-refractivity contribution in [3.8, 4) is 0 Å². The predicted molar refractivity (Wildman–Crippen MR) is 40.8 cm³/mol. The second-order valence-corrected chi connectivity index (χ2v) is 3.09. The van der Waals surface area contributed by atoms with Crippen LogP contribution in [0.4, 0.5) is 0 Å². The largest absolute Gasteiger partial charge is 0.324 e. The third-order valence-corrected chi connectivity index (χ3v) is 1.59. The van der Waals surface area contributed by atoms with E-state index >= 15 is 0 Å². The Labute approximate surface area is 62.0 Å². The molecule has 52 valence electrons. The van der Waals surface area contributed by atoms with Crippen molar-refractivity contribution in [2.75, 3.05) is 0 Å². The predicted octanol–water partition coefficient (Wildman–Crippen LogP) is 1.77. The molecule has 1 unspecified atom stereocenters. The Bertz CT molecular complexity index is 55.9. The summed E-state index contributed by atoms with van der Waals surface area (Å²) in [6, 6.07) is 0. The second-order valence-electron chi connectivity index (χ2n) is 2.44. The van der Waals surface area contributed by atoms with Crippen LogP contribution in [0.2, 0.25) is 0 Å². The molecular formula is C5H13Cl2N. The smallest absolute Gasteiger partial charge is 0.0482 e. The van der Waals surface area contributed by atoms with Gasteiger partial charge in [-0.05, 0) is 20.8 Å². The number of hydrogen-bond donors (Lipinski definition) is 1. The molecule has 0 rings (SSSR count). The average Bonchev–Trinajstić information content (AvgIpc) is 1.31. The topological polar surface area (TPSA) is 26.0 Å². The zero-order valence-electron chi connectivity index (χ0n) is 5.44. The molecule has 3 heteroatoms. The van der Waals surface area contributed by atoms with E-state index in [1.165, 1.54) is 0 Å². The normalized spacial score (nSPS) is 14.6. The van der Waals surface area contributed by atoms with Crippen molar-refractivity contribution in [2.24, 2.45) is 5.73 Å². The van der Waals surface area contributed by atoms with Gasteiger partial charge in [0.1, 0.15) is 0 Å². The molecule has 0 aliphatic carbocycles. The molecule has 0 aliphatic rings. The van der Waals surface area contributed by atoms with Crippen LogP contribution in [-0.2, 0) is 0 Å². The van der Waals surface area contributed by atoms with Gasteiger partial charge >= 0.3 is 0 Å². The highest BCUT2D eigenvalue weighted by atomic mass is 35.5. The van der Waals surface area contributed by atoms with Gasteiger partial charge in [0, 0.05) is 10.9 Å². The van der Waals surface area contributed by atoms with Gasteiger partial charge in [-0.2, -0.15) is 0 Å². The van der Waals surface area contributed by atoms with Crippen molar-refractivity contribution in [3.63, 3.8) is 0 Å². The van der Waals surface area contributed by atoms with Crippen LogP contribution in [0.5, 0.6) is 0 Å². The summed E-state index contributed by atoms with van der Waals surface area (Å²) < 4.78 is 0. The van der Waals surface area contributed by atoms with Gasteiger partial charge in [-0.3, -0.25) is 0 Å². The number of hydrogen-bond acceptors (Lipinski definition) is 1. The molecule has 0 saturated carbocycles. The first-order valence-corrected chi connectivity index (χ1v) is 2.81. The van der Waals surface area contributed by atoms with Gasteiger partial charge < -0.3 is 5.73 Å². The lowest BCUT2D eigenvalue weighted by molar-refractivity contribution is 0.509. The van der Waals surface area contributed by atoms with E-state index in [-0.39, 0.29) is 23.3 Å². The Morgan fingerprint density at radius 2 is 1.62 bits per heavy atom. The molecule has 0 fully saturated rings. The molecule has 0 aromatic carbocycles. The molecule has 0 aromatic heterocycles. The van der Waals surface area contributed by atoms with E-state index in [9.17, 15) is 0 Å². The first kappa shape index (κ1) is 11.4. The van der Waals surface area contributed by atoms with Crippen molar-refractivity contribution < 1.29 is 0 Å². The highest BCUT2D eigenvalue weighted by Crippen LogP contribution is 2.09. The minimum Gasteiger partial charge on any atom is -0.324 e. The van der Waals surface area contributed by atoms with E-state index < -0.39 is 0 Å². The van der Waals surface area contributed by atoms with Crippen LogP contribution in [0.1, 0.15) is 20.8 Å². The molecule has 0 heterocycles. The SMILES string of the molecule is CC(Cl)C(C)(C)N.Cl. The molecule has 0 radical (unpaired) electrons. The molecule has 0 aliphatic heterocycles. The van der Waals surface area contributed by atoms with Crippen LogP contribution in [0.15, 0.2) is 0 Å². The molecular weight excluding hydrogens is 145 g/mol. The summed E-state index contributed by atoms with van der Waals surface area (Å²) in [5.74, 6) is 0. The summed E-state index contributed by atoms with van der Waals surface area (Å²) in [6.07, 6.45) is 0. The van der Waals surface area contributed by atoms with Gasteiger partial charge in [0.05, 0.1) is 0 Å². The number of nitrogens with two attached hydrogens (primary N) is 1. The Balaban J connectivity index is 0. The quantitative estimate of drug-likeness (QED) is 0.578. The van der Waals surface area contributed by atoms with Gasteiger partial charge in [-0.15, -0.1) is 24.0 Å². The van der Waals surface area contributed by atoms with Crippen molar-refractivity contribution >= 4 is 24.0 Å². The summed E-state index contributed by atoms with van der Waals surface area (Å²) >= 11 is 5.63. The summed E-state index contributed by atoms with van der Waals surface area (Å²) in [5.41, 5.74) is 5.31. The zero-order valence-corrected chi connectivity index (χ0v) is 7.01. The lowest BCUT2D eigenvalue weighted by atomic mass is 10.0. The first-order valence-electron chi connectivity index (χ1n) is 2.37. The monoisotopic (exact) mass is 157 g/mol. The Morgan fingerprint density at radius 3 is 1.62 bits per heavy atom. The van der Waals surface area contributed by atoms with E-state index in [0.29, 0.717) is 0 Å². The van der Waals surface area contributed by atoms with Crippen LogP contribution >= 0.6 is 24.0 Å². The number of alkyl halides is 1. The molecule has 8 heavy (non-hydrogen) atoms. The molecule has 1 atom stereocenters. The lowest BCUT2D eigenvalue weighted by Crippen LogP contribution is -2.40. The summed E-state index contributed by atoms with van der Waals surface area (Å²) in [4.78, 5) is 0. The Kier molecular flexibility index (Phi) is 5.03. The molecule has 2 N–H and O–H groups in total. The summed E-state index contributed by atoms with van der Waals surface area (Å²) in [6.45, 7) is 5.71. The van der Waals surface area contributed by atoms with Gasteiger partial charge in [0.2, 0.25) is 0 Å². The van der Waals surface area contributed by atoms with Crippen molar-refractivity contribution in [2.45, 2.75) is 31.7 Å². The van der Waals surface area contributed by atoms with Gasteiger partial charge in [-0.25, -0.2) is 0 Å². The number of rotatable bonds is 1. The molecule has 0 bridgehead atoms. The molecule has 0 amide bonds. The van der Waals surface area contributed by atoms with Crippen molar-refractivity contribution in [1.29, 1.82) is 0 Å². The fourth-order valence-corrected chi connectivity index (χ4v) is 0. The van der Waals surface area contributed by atoms with Crippen LogP contribution in [0, 0.1) is 0 Å². The van der Waals surface area contributed by atoms with Gasteiger partial charge in [0.25, 0.3) is 0 Å². The molecule has 1 nitrogen and oxygen atoms in total. The zero-order chi connectivity index (χ0) is 6.08. The van der Waals surface area contributed by atoms with Gasteiger partial charge in [0.15, 0.2) is 0 Å². The van der Waals surface area contributed by atoms with Crippen LogP contribution in [0.3, 0.4) is 0 Å². The maximum atomic E-state index is 5.63. The highest BCUT2D eigenvalue weighted by molar-refractivity contribution is 6.21. The highest BCUT2D eigenvalue weighted by Gasteiger charge is 2.16. The van der Waals surface area contributed by atoms with Crippen LogP contribution in [-0.4, -0.2) is 10.9 Å². The maximum absolute atomic E-state index is 5.63. The fourth-order valence-electron chi connectivity index (χ4n) is 0. The van der Waals surface area contributed by atoms with E-state index in [4.69, 9.17) is 17.3 Å². The molecule has 0 saturated heterocycles. The molecule has 0 spiro atoms. The second kappa shape index (κ2) is 3.54. The van der Waals surface area contributed by atoms with Crippen molar-refractivity contribution in [3.05, 3.63) is 0 Å².